The van der Waals surface area contributed by atoms with Crippen molar-refractivity contribution >= 4 is 11.9 Å². The van der Waals surface area contributed by atoms with Crippen LogP contribution < -0.4 is 0 Å². The average molecular weight is 263 g/mol. The maximum absolute atomic E-state index is 12.5. The Hall–Kier alpha value is -2.04. The van der Waals surface area contributed by atoms with E-state index in [-0.39, 0.29) is 11.7 Å². The first-order valence-electron chi connectivity index (χ1n) is 6.19. The minimum Gasteiger partial charge on any atom is -0.508 e. The standard InChI is InChI=1S/C14H17NO4/c1-9(12(17)18)15-8-7-14(2,13(15)19)10-3-5-11(16)6-4-10/h3-6,9,16H,7-8H2,1-2H3,(H,17,18). The van der Waals surface area contributed by atoms with E-state index >= 15 is 0 Å². The number of hydrogen-bond donors (Lipinski definition) is 2. The van der Waals surface area contributed by atoms with E-state index in [0.717, 1.165) is 5.56 Å². The molecule has 2 rings (SSSR count). The van der Waals surface area contributed by atoms with Crippen molar-refractivity contribution in [1.29, 1.82) is 0 Å². The van der Waals surface area contributed by atoms with Crippen molar-refractivity contribution in [2.24, 2.45) is 0 Å². The van der Waals surface area contributed by atoms with Gasteiger partial charge in [-0.3, -0.25) is 4.79 Å². The smallest absolute Gasteiger partial charge is 0.326 e. The number of phenolic OH excluding ortho intramolecular Hbond substituents is 1. The number of hydrogen-bond acceptors (Lipinski definition) is 3. The van der Waals surface area contributed by atoms with Gasteiger partial charge in [-0.25, -0.2) is 4.79 Å². The molecule has 2 atom stereocenters. The number of phenols is 1. The number of carboxylic acids is 1. The summed E-state index contributed by atoms with van der Waals surface area (Å²) in [5.74, 6) is -1.02. The van der Waals surface area contributed by atoms with Gasteiger partial charge in [0.2, 0.25) is 5.91 Å². The Balaban J connectivity index is 2.29. The second kappa shape index (κ2) is 4.57. The Morgan fingerprint density at radius 3 is 2.47 bits per heavy atom. The molecule has 5 nitrogen and oxygen atoms in total. The fourth-order valence-corrected chi connectivity index (χ4v) is 2.47. The van der Waals surface area contributed by atoms with Gasteiger partial charge in [-0.15, -0.1) is 0 Å². The molecular weight excluding hydrogens is 246 g/mol. The van der Waals surface area contributed by atoms with Crippen molar-refractivity contribution in [3.05, 3.63) is 29.8 Å². The first kappa shape index (κ1) is 13.4. The summed E-state index contributed by atoms with van der Waals surface area (Å²) in [5.41, 5.74) is 0.0904. The number of carbonyl (C=O) groups is 2. The molecule has 2 N–H and O–H groups in total. The van der Waals surface area contributed by atoms with E-state index < -0.39 is 17.4 Å². The van der Waals surface area contributed by atoms with Gasteiger partial charge < -0.3 is 15.1 Å². The zero-order chi connectivity index (χ0) is 14.2. The first-order valence-corrected chi connectivity index (χ1v) is 6.19. The fourth-order valence-electron chi connectivity index (χ4n) is 2.47. The topological polar surface area (TPSA) is 77.8 Å². The van der Waals surface area contributed by atoms with Crippen molar-refractivity contribution in [3.8, 4) is 5.75 Å². The van der Waals surface area contributed by atoms with Gasteiger partial charge >= 0.3 is 5.97 Å². The third-order valence-corrected chi connectivity index (χ3v) is 3.91. The molecule has 1 aliphatic heterocycles. The lowest BCUT2D eigenvalue weighted by molar-refractivity contribution is -0.148. The van der Waals surface area contributed by atoms with E-state index in [2.05, 4.69) is 0 Å². The van der Waals surface area contributed by atoms with Crippen LogP contribution in [-0.4, -0.2) is 39.6 Å². The van der Waals surface area contributed by atoms with Gasteiger partial charge in [0.1, 0.15) is 11.8 Å². The highest BCUT2D eigenvalue weighted by Crippen LogP contribution is 2.36. The molecule has 19 heavy (non-hydrogen) atoms. The maximum Gasteiger partial charge on any atom is 0.326 e. The average Bonchev–Trinajstić information content (AvgIpc) is 2.67. The van der Waals surface area contributed by atoms with E-state index in [0.29, 0.717) is 13.0 Å². The normalized spacial score (nSPS) is 24.5. The van der Waals surface area contributed by atoms with Crippen LogP contribution in [0, 0.1) is 0 Å². The van der Waals surface area contributed by atoms with Crippen LogP contribution in [0.2, 0.25) is 0 Å². The van der Waals surface area contributed by atoms with Gasteiger partial charge in [-0.2, -0.15) is 0 Å². The quantitative estimate of drug-likeness (QED) is 0.863. The number of nitrogens with zero attached hydrogens (tertiary/aromatic N) is 1. The van der Waals surface area contributed by atoms with Crippen molar-refractivity contribution in [3.63, 3.8) is 0 Å². The molecule has 5 heteroatoms. The molecule has 102 valence electrons. The van der Waals surface area contributed by atoms with Crippen molar-refractivity contribution in [1.82, 2.24) is 4.90 Å². The molecule has 0 aromatic heterocycles. The Bertz CT molecular complexity index is 511. The lowest BCUT2D eigenvalue weighted by Crippen LogP contribution is -2.44. The van der Waals surface area contributed by atoms with Crippen molar-refractivity contribution in [2.45, 2.75) is 31.7 Å². The summed E-state index contributed by atoms with van der Waals surface area (Å²) >= 11 is 0. The second-order valence-electron chi connectivity index (χ2n) is 5.14. The summed E-state index contributed by atoms with van der Waals surface area (Å²) < 4.78 is 0. The number of carboxylic acid groups (broad SMARTS) is 1. The number of aromatic hydroxyl groups is 1. The van der Waals surface area contributed by atoms with E-state index in [1.165, 1.54) is 24.0 Å². The van der Waals surface area contributed by atoms with Gasteiger partial charge in [-0.05, 0) is 38.0 Å². The largest absolute Gasteiger partial charge is 0.508 e. The van der Waals surface area contributed by atoms with Gasteiger partial charge in [0, 0.05) is 6.54 Å². The fraction of sp³-hybridized carbons (Fsp3) is 0.429. The van der Waals surface area contributed by atoms with Crippen LogP contribution in [0.3, 0.4) is 0 Å². The monoisotopic (exact) mass is 263 g/mol. The minimum atomic E-state index is -0.997. The highest BCUT2D eigenvalue weighted by atomic mass is 16.4. The van der Waals surface area contributed by atoms with E-state index in [9.17, 15) is 14.7 Å². The first-order chi connectivity index (χ1) is 8.86. The lowest BCUT2D eigenvalue weighted by Gasteiger charge is -2.26. The summed E-state index contributed by atoms with van der Waals surface area (Å²) in [6, 6.07) is 5.69. The number of likely N-dealkylation sites (tertiary alicyclic amines) is 1. The molecule has 0 saturated carbocycles. The molecule has 0 bridgehead atoms. The maximum atomic E-state index is 12.5. The zero-order valence-corrected chi connectivity index (χ0v) is 11.0. The van der Waals surface area contributed by atoms with Gasteiger partial charge in [0.15, 0.2) is 0 Å². The number of rotatable bonds is 3. The van der Waals surface area contributed by atoms with Gasteiger partial charge in [0.05, 0.1) is 5.41 Å². The molecular formula is C14H17NO4. The molecule has 1 fully saturated rings. The van der Waals surface area contributed by atoms with Crippen LogP contribution in [0.25, 0.3) is 0 Å². The van der Waals surface area contributed by atoms with Crippen LogP contribution >= 0.6 is 0 Å². The molecule has 2 unspecified atom stereocenters. The van der Waals surface area contributed by atoms with Crippen LogP contribution in [0.4, 0.5) is 0 Å². The Kier molecular flexibility index (Phi) is 3.22. The highest BCUT2D eigenvalue weighted by molar-refractivity contribution is 5.93. The third-order valence-electron chi connectivity index (χ3n) is 3.91. The number of carbonyl (C=O) groups excluding carboxylic acids is 1. The number of benzene rings is 1. The molecule has 0 aliphatic carbocycles. The Morgan fingerprint density at radius 1 is 1.37 bits per heavy atom. The van der Waals surface area contributed by atoms with Gasteiger partial charge in [0.25, 0.3) is 0 Å². The second-order valence-corrected chi connectivity index (χ2v) is 5.14. The van der Waals surface area contributed by atoms with Crippen LogP contribution in [0.1, 0.15) is 25.8 Å². The molecule has 1 aromatic carbocycles. The summed E-state index contributed by atoms with van der Waals surface area (Å²) in [5, 5.41) is 18.3. The van der Waals surface area contributed by atoms with Crippen molar-refractivity contribution < 1.29 is 19.8 Å². The molecule has 1 amide bonds. The SMILES string of the molecule is CC(C(=O)O)N1CCC(C)(c2ccc(O)cc2)C1=O. The molecule has 0 radical (unpaired) electrons. The lowest BCUT2D eigenvalue weighted by atomic mass is 9.81. The summed E-state index contributed by atoms with van der Waals surface area (Å²) in [6.07, 6.45) is 0.578. The van der Waals surface area contributed by atoms with Crippen LogP contribution in [0.5, 0.6) is 5.75 Å². The molecule has 1 heterocycles. The number of aliphatic carboxylic acids is 1. The molecule has 0 spiro atoms. The van der Waals surface area contributed by atoms with E-state index in [4.69, 9.17) is 5.11 Å². The van der Waals surface area contributed by atoms with Gasteiger partial charge in [-0.1, -0.05) is 12.1 Å². The molecule has 1 saturated heterocycles. The molecule has 1 aliphatic rings. The molecule has 1 aromatic rings. The summed E-state index contributed by atoms with van der Waals surface area (Å²) in [4.78, 5) is 24.9. The predicted molar refractivity (Wildman–Crippen MR) is 68.9 cm³/mol. The highest BCUT2D eigenvalue weighted by Gasteiger charge is 2.46. The summed E-state index contributed by atoms with van der Waals surface area (Å²) in [6.45, 7) is 3.77. The van der Waals surface area contributed by atoms with E-state index in [1.807, 2.05) is 6.92 Å². The Morgan fingerprint density at radius 2 is 1.95 bits per heavy atom. The van der Waals surface area contributed by atoms with Crippen molar-refractivity contribution in [2.75, 3.05) is 6.54 Å². The Labute approximate surface area is 111 Å². The number of amides is 1. The summed E-state index contributed by atoms with van der Waals surface area (Å²) in [7, 11) is 0. The van der Waals surface area contributed by atoms with Crippen LogP contribution in [0.15, 0.2) is 24.3 Å². The minimum absolute atomic E-state index is 0.147. The third kappa shape index (κ3) is 2.16. The predicted octanol–water partition coefficient (Wildman–Crippen LogP) is 1.36. The van der Waals surface area contributed by atoms with E-state index in [1.54, 1.807) is 12.1 Å². The zero-order valence-electron chi connectivity index (χ0n) is 11.0. The van der Waals surface area contributed by atoms with Crippen LogP contribution in [-0.2, 0) is 15.0 Å².